The number of anilines is 1. The number of rotatable bonds is 2. The van der Waals surface area contributed by atoms with Gasteiger partial charge in [0.1, 0.15) is 23.4 Å². The highest BCUT2D eigenvalue weighted by Crippen LogP contribution is 2.42. The number of nitrogens with zero attached hydrogens (tertiary/aromatic N) is 3. The Balaban J connectivity index is 2.04. The standard InChI is InChI=1S/C14H20N4O3/c1-13(2,19)9-6-14(3,20)12(21-9)18-5-4-8-10(15)16-7-17-11(8)18/h4-5,7,9,12,19-20H,6H2,1-3H3,(H2,15,16,17)/t9-,12+,14+/m0/s1. The highest BCUT2D eigenvalue weighted by atomic mass is 16.6. The monoisotopic (exact) mass is 292 g/mol. The Labute approximate surface area is 122 Å². The highest BCUT2D eigenvalue weighted by molar-refractivity contribution is 5.86. The average molecular weight is 292 g/mol. The number of nitrogens with two attached hydrogens (primary N) is 1. The van der Waals surface area contributed by atoms with Gasteiger partial charge in [-0.25, -0.2) is 9.97 Å². The fourth-order valence-electron chi connectivity index (χ4n) is 2.79. The molecule has 1 aliphatic rings. The molecule has 114 valence electrons. The molecule has 0 saturated carbocycles. The predicted molar refractivity (Wildman–Crippen MR) is 77.4 cm³/mol. The van der Waals surface area contributed by atoms with Gasteiger partial charge in [-0.2, -0.15) is 0 Å². The quantitative estimate of drug-likeness (QED) is 0.756. The van der Waals surface area contributed by atoms with Crippen molar-refractivity contribution in [3.8, 4) is 0 Å². The van der Waals surface area contributed by atoms with Crippen LogP contribution in [0.2, 0.25) is 0 Å². The molecule has 4 N–H and O–H groups in total. The molecule has 1 saturated heterocycles. The second-order valence-electron chi connectivity index (χ2n) is 6.41. The number of ether oxygens (including phenoxy) is 1. The number of nitrogen functional groups attached to an aromatic ring is 1. The van der Waals surface area contributed by atoms with E-state index in [9.17, 15) is 10.2 Å². The van der Waals surface area contributed by atoms with Crippen LogP contribution in [0.25, 0.3) is 11.0 Å². The van der Waals surface area contributed by atoms with Crippen LogP contribution >= 0.6 is 0 Å². The Bertz CT molecular complexity index is 674. The Hall–Kier alpha value is -1.70. The van der Waals surface area contributed by atoms with Crippen LogP contribution in [0.5, 0.6) is 0 Å². The largest absolute Gasteiger partial charge is 0.388 e. The number of hydrogen-bond donors (Lipinski definition) is 3. The summed E-state index contributed by atoms with van der Waals surface area (Å²) in [5.74, 6) is 0.385. The molecule has 1 fully saturated rings. The van der Waals surface area contributed by atoms with E-state index in [1.165, 1.54) is 6.33 Å². The van der Waals surface area contributed by atoms with Gasteiger partial charge in [0, 0.05) is 12.6 Å². The third kappa shape index (κ3) is 2.27. The van der Waals surface area contributed by atoms with Crippen LogP contribution in [0, 0.1) is 0 Å². The number of aromatic nitrogens is 3. The smallest absolute Gasteiger partial charge is 0.164 e. The molecule has 0 amide bonds. The molecular weight excluding hydrogens is 272 g/mol. The van der Waals surface area contributed by atoms with E-state index in [-0.39, 0.29) is 0 Å². The summed E-state index contributed by atoms with van der Waals surface area (Å²) >= 11 is 0. The van der Waals surface area contributed by atoms with Gasteiger partial charge < -0.3 is 25.3 Å². The van der Waals surface area contributed by atoms with E-state index in [0.717, 1.165) is 0 Å². The SMILES string of the molecule is CC(C)(O)[C@@H]1C[C@@](C)(O)[C@H](n2ccc3c(N)ncnc32)O1. The summed E-state index contributed by atoms with van der Waals surface area (Å²) < 4.78 is 7.63. The van der Waals surface area contributed by atoms with Crippen molar-refractivity contribution in [2.24, 2.45) is 0 Å². The van der Waals surface area contributed by atoms with E-state index in [1.807, 2.05) is 0 Å². The van der Waals surface area contributed by atoms with Crippen LogP contribution < -0.4 is 5.73 Å². The third-order valence-electron chi connectivity index (χ3n) is 4.00. The molecule has 0 aliphatic carbocycles. The lowest BCUT2D eigenvalue weighted by molar-refractivity contribution is -0.121. The van der Waals surface area contributed by atoms with E-state index in [4.69, 9.17) is 10.5 Å². The summed E-state index contributed by atoms with van der Waals surface area (Å²) in [4.78, 5) is 8.17. The van der Waals surface area contributed by atoms with Crippen LogP contribution in [-0.2, 0) is 4.74 Å². The van der Waals surface area contributed by atoms with E-state index in [1.54, 1.807) is 37.6 Å². The zero-order valence-corrected chi connectivity index (χ0v) is 12.3. The number of aliphatic hydroxyl groups is 2. The van der Waals surface area contributed by atoms with Gasteiger partial charge in [-0.05, 0) is 26.8 Å². The third-order valence-corrected chi connectivity index (χ3v) is 4.00. The van der Waals surface area contributed by atoms with Crippen LogP contribution in [0.15, 0.2) is 18.6 Å². The first kappa shape index (κ1) is 14.2. The van der Waals surface area contributed by atoms with E-state index in [2.05, 4.69) is 9.97 Å². The van der Waals surface area contributed by atoms with Crippen LogP contribution in [0.3, 0.4) is 0 Å². The van der Waals surface area contributed by atoms with Gasteiger partial charge >= 0.3 is 0 Å². The van der Waals surface area contributed by atoms with Crippen molar-refractivity contribution >= 4 is 16.9 Å². The van der Waals surface area contributed by atoms with Gasteiger partial charge in [-0.1, -0.05) is 0 Å². The molecule has 7 nitrogen and oxygen atoms in total. The Morgan fingerprint density at radius 3 is 2.81 bits per heavy atom. The first-order valence-corrected chi connectivity index (χ1v) is 6.87. The Kier molecular flexibility index (Phi) is 2.98. The van der Waals surface area contributed by atoms with Crippen molar-refractivity contribution in [3.63, 3.8) is 0 Å². The van der Waals surface area contributed by atoms with Crippen molar-refractivity contribution < 1.29 is 14.9 Å². The molecular formula is C14H20N4O3. The molecule has 2 aromatic rings. The molecule has 1 aliphatic heterocycles. The maximum absolute atomic E-state index is 10.7. The lowest BCUT2D eigenvalue weighted by Gasteiger charge is -2.26. The molecule has 0 aromatic carbocycles. The van der Waals surface area contributed by atoms with Crippen LogP contribution in [-0.4, -0.2) is 42.1 Å². The van der Waals surface area contributed by atoms with Gasteiger partial charge in [0.05, 0.1) is 17.1 Å². The second kappa shape index (κ2) is 4.40. The molecule has 21 heavy (non-hydrogen) atoms. The van der Waals surface area contributed by atoms with Gasteiger partial charge in [0.2, 0.25) is 0 Å². The first-order chi connectivity index (χ1) is 9.70. The predicted octanol–water partition coefficient (Wildman–Crippen LogP) is 0.823. The van der Waals surface area contributed by atoms with Gasteiger partial charge in [0.25, 0.3) is 0 Å². The molecule has 0 spiro atoms. The summed E-state index contributed by atoms with van der Waals surface area (Å²) in [6.07, 6.45) is 2.38. The van der Waals surface area contributed by atoms with Crippen molar-refractivity contribution in [1.82, 2.24) is 14.5 Å². The first-order valence-electron chi connectivity index (χ1n) is 6.87. The summed E-state index contributed by atoms with van der Waals surface area (Å²) in [5.41, 5.74) is 4.28. The molecule has 0 unspecified atom stereocenters. The van der Waals surface area contributed by atoms with E-state index in [0.29, 0.717) is 23.3 Å². The van der Waals surface area contributed by atoms with E-state index < -0.39 is 23.5 Å². The number of hydrogen-bond acceptors (Lipinski definition) is 6. The van der Waals surface area contributed by atoms with Crippen molar-refractivity contribution in [3.05, 3.63) is 18.6 Å². The molecule has 3 rings (SSSR count). The zero-order valence-electron chi connectivity index (χ0n) is 12.3. The second-order valence-corrected chi connectivity index (χ2v) is 6.41. The minimum atomic E-state index is -1.11. The van der Waals surface area contributed by atoms with Gasteiger partial charge in [-0.15, -0.1) is 0 Å². The minimum absolute atomic E-state index is 0.335. The van der Waals surface area contributed by atoms with Crippen LogP contribution in [0.4, 0.5) is 5.82 Å². The molecule has 2 aromatic heterocycles. The molecule has 0 bridgehead atoms. The van der Waals surface area contributed by atoms with Gasteiger partial charge in [0.15, 0.2) is 6.23 Å². The highest BCUT2D eigenvalue weighted by Gasteiger charge is 2.49. The maximum Gasteiger partial charge on any atom is 0.164 e. The van der Waals surface area contributed by atoms with Crippen molar-refractivity contribution in [2.75, 3.05) is 5.73 Å². The molecule has 3 atom stereocenters. The molecule has 0 radical (unpaired) electrons. The topological polar surface area (TPSA) is 106 Å². The minimum Gasteiger partial charge on any atom is -0.388 e. The fraction of sp³-hybridized carbons (Fsp3) is 0.571. The maximum atomic E-state index is 10.7. The lowest BCUT2D eigenvalue weighted by Crippen LogP contribution is -2.36. The average Bonchev–Trinajstić information content (AvgIpc) is 2.90. The summed E-state index contributed by atoms with van der Waals surface area (Å²) in [6.45, 7) is 5.04. The lowest BCUT2D eigenvalue weighted by atomic mass is 9.92. The normalized spacial score (nSPS) is 30.1. The summed E-state index contributed by atoms with van der Waals surface area (Å²) in [5, 5.41) is 21.5. The zero-order chi connectivity index (χ0) is 15.4. The Morgan fingerprint density at radius 2 is 2.19 bits per heavy atom. The summed E-state index contributed by atoms with van der Waals surface area (Å²) in [7, 11) is 0. The Morgan fingerprint density at radius 1 is 1.48 bits per heavy atom. The fourth-order valence-corrected chi connectivity index (χ4v) is 2.79. The van der Waals surface area contributed by atoms with Crippen molar-refractivity contribution in [1.29, 1.82) is 0 Å². The van der Waals surface area contributed by atoms with Crippen molar-refractivity contribution in [2.45, 2.75) is 50.7 Å². The molecule has 7 heteroatoms. The molecule has 3 heterocycles. The summed E-state index contributed by atoms with van der Waals surface area (Å²) in [6, 6.07) is 1.79. The van der Waals surface area contributed by atoms with Crippen LogP contribution in [0.1, 0.15) is 33.4 Å². The number of fused-ring (bicyclic) bond motifs is 1. The van der Waals surface area contributed by atoms with Gasteiger partial charge in [-0.3, -0.25) is 0 Å². The van der Waals surface area contributed by atoms with E-state index >= 15 is 0 Å².